The van der Waals surface area contributed by atoms with Crippen LogP contribution in [0.1, 0.15) is 37.8 Å². The molecular weight excluding hydrogens is 544 g/mol. The van der Waals surface area contributed by atoms with Crippen molar-refractivity contribution in [2.24, 2.45) is 0 Å². The van der Waals surface area contributed by atoms with Gasteiger partial charge in [0.15, 0.2) is 5.75 Å². The van der Waals surface area contributed by atoms with Crippen molar-refractivity contribution in [2.75, 3.05) is 43.5 Å². The highest BCUT2D eigenvalue weighted by atomic mass is 35.5. The maximum atomic E-state index is 13.6. The molecule has 1 atom stereocenters. The lowest BCUT2D eigenvalue weighted by atomic mass is 9.88. The van der Waals surface area contributed by atoms with Crippen LogP contribution in [0.15, 0.2) is 56.9 Å². The van der Waals surface area contributed by atoms with E-state index in [2.05, 4.69) is 16.0 Å². The zero-order chi connectivity index (χ0) is 27.8. The summed E-state index contributed by atoms with van der Waals surface area (Å²) in [6, 6.07) is 12.0. The minimum atomic E-state index is -4.16. The van der Waals surface area contributed by atoms with E-state index < -0.39 is 31.5 Å². The third-order valence-electron chi connectivity index (χ3n) is 7.58. The summed E-state index contributed by atoms with van der Waals surface area (Å²) in [6.45, 7) is 4.27. The maximum Gasteiger partial charge on any atom is 0.253 e. The molecule has 4 N–H and O–H groups in total. The Balaban J connectivity index is 1.39. The number of benzene rings is 2. The molecule has 3 aromatic carbocycles. The summed E-state index contributed by atoms with van der Waals surface area (Å²) in [4.78, 5) is 24.5. The Morgan fingerprint density at radius 3 is 2.44 bits per heavy atom. The third kappa shape index (κ3) is 5.17. The molecule has 1 spiro atoms. The fourth-order valence-electron chi connectivity index (χ4n) is 5.27. The Bertz CT molecular complexity index is 1520. The molecule has 0 aliphatic carbocycles. The van der Waals surface area contributed by atoms with Crippen LogP contribution >= 0.6 is 11.6 Å². The van der Waals surface area contributed by atoms with Gasteiger partial charge in [0.1, 0.15) is 16.3 Å². The van der Waals surface area contributed by atoms with Crippen LogP contribution in [-0.2, 0) is 14.8 Å². The first-order chi connectivity index (χ1) is 18.7. The average Bonchev–Trinajstić information content (AvgIpc) is 2.94. The van der Waals surface area contributed by atoms with Crippen LogP contribution in [0, 0.1) is 0 Å². The van der Waals surface area contributed by atoms with E-state index in [9.17, 15) is 23.1 Å². The summed E-state index contributed by atoms with van der Waals surface area (Å²) in [5.74, 6) is -0.615. The first kappa shape index (κ1) is 27.6. The van der Waals surface area contributed by atoms with E-state index in [1.165, 1.54) is 16.4 Å². The molecule has 0 unspecified atom stereocenters. The van der Waals surface area contributed by atoms with E-state index in [0.29, 0.717) is 39.0 Å². The van der Waals surface area contributed by atoms with Gasteiger partial charge in [-0.1, -0.05) is 48.9 Å². The highest BCUT2D eigenvalue weighted by Gasteiger charge is 2.41. The molecule has 2 aliphatic rings. The number of rotatable bonds is 8. The van der Waals surface area contributed by atoms with Gasteiger partial charge in [-0.05, 0) is 37.0 Å². The summed E-state index contributed by atoms with van der Waals surface area (Å²) in [6.07, 6.45) is 1.76. The van der Waals surface area contributed by atoms with Crippen LogP contribution in [0.25, 0.3) is 0 Å². The second-order valence-electron chi connectivity index (χ2n) is 9.99. The zero-order valence-electron chi connectivity index (χ0n) is 21.5. The van der Waals surface area contributed by atoms with Gasteiger partial charge in [-0.2, -0.15) is 4.31 Å². The van der Waals surface area contributed by atoms with Crippen LogP contribution in [0.4, 0.5) is 17.1 Å². The van der Waals surface area contributed by atoms with Crippen molar-refractivity contribution in [1.29, 1.82) is 0 Å². The highest BCUT2D eigenvalue weighted by molar-refractivity contribution is 7.89. The summed E-state index contributed by atoms with van der Waals surface area (Å²) < 4.78 is 34.1. The predicted octanol–water partition coefficient (Wildman–Crippen LogP) is 3.09. The molecule has 0 aromatic heterocycles. The number of sulfonamides is 1. The Morgan fingerprint density at radius 1 is 1.10 bits per heavy atom. The van der Waals surface area contributed by atoms with Gasteiger partial charge in [0, 0.05) is 25.2 Å². The van der Waals surface area contributed by atoms with Crippen molar-refractivity contribution < 1.29 is 18.3 Å². The average molecular weight is 575 g/mol. The molecule has 5 rings (SSSR count). The van der Waals surface area contributed by atoms with Gasteiger partial charge < -0.3 is 25.8 Å². The number of halogens is 1. The van der Waals surface area contributed by atoms with Gasteiger partial charge in [0.05, 0.1) is 30.0 Å². The topological polar surface area (TPSA) is 137 Å². The molecule has 208 valence electrons. The fraction of sp³-hybridized carbons (Fsp3) is 0.407. The molecule has 2 heterocycles. The van der Waals surface area contributed by atoms with E-state index in [4.69, 9.17) is 16.3 Å². The monoisotopic (exact) mass is 574 g/mol. The summed E-state index contributed by atoms with van der Waals surface area (Å²) >= 11 is 6.30. The molecule has 2 saturated heterocycles. The number of hydrogen-bond donors (Lipinski definition) is 4. The highest BCUT2D eigenvalue weighted by Crippen LogP contribution is 2.41. The molecule has 2 aliphatic heterocycles. The van der Waals surface area contributed by atoms with Gasteiger partial charge in [-0.3, -0.25) is 9.59 Å². The second-order valence-corrected chi connectivity index (χ2v) is 12.3. The molecule has 2 fully saturated rings. The number of phenolic OH excluding ortho intramolecular Hbond substituents is 1. The number of nitrogens with zero attached hydrogens (tertiary/aromatic N) is 1. The van der Waals surface area contributed by atoms with E-state index in [1.54, 1.807) is 0 Å². The zero-order valence-corrected chi connectivity index (χ0v) is 23.1. The maximum absolute atomic E-state index is 13.6. The third-order valence-corrected chi connectivity index (χ3v) is 9.99. The van der Waals surface area contributed by atoms with Gasteiger partial charge >= 0.3 is 0 Å². The van der Waals surface area contributed by atoms with Crippen molar-refractivity contribution in [3.8, 4) is 5.75 Å². The molecular formula is C27H31ClN4O6S. The first-order valence-corrected chi connectivity index (χ1v) is 14.7. The molecule has 12 heteroatoms. The van der Waals surface area contributed by atoms with Gasteiger partial charge in [-0.25, -0.2) is 8.42 Å². The number of piperidine rings is 1. The SMILES string of the molecule is CC[C@@H](Nc1c(Nc2ccc(Cl)c(S(=O)(=O)N3CCC4(CC3)COCCN4)c2O)c(=O)c1=O)c1ccccc1. The van der Waals surface area contributed by atoms with Crippen LogP contribution in [0.3, 0.4) is 0 Å². The van der Waals surface area contributed by atoms with Crippen LogP contribution < -0.4 is 26.8 Å². The van der Waals surface area contributed by atoms with E-state index >= 15 is 0 Å². The van der Waals surface area contributed by atoms with Crippen molar-refractivity contribution in [2.45, 2.75) is 42.7 Å². The molecule has 3 aromatic rings. The molecule has 10 nitrogen and oxygen atoms in total. The molecule has 0 saturated carbocycles. The van der Waals surface area contributed by atoms with Crippen LogP contribution in [-0.4, -0.2) is 56.2 Å². The molecule has 0 amide bonds. The van der Waals surface area contributed by atoms with Gasteiger partial charge in [-0.15, -0.1) is 0 Å². The lowest BCUT2D eigenvalue weighted by Crippen LogP contribution is -2.60. The Hall–Kier alpha value is -2.96. The minimum Gasteiger partial charge on any atom is -0.504 e. The summed E-state index contributed by atoms with van der Waals surface area (Å²) in [5.41, 5.74) is -0.769. The lowest BCUT2D eigenvalue weighted by Gasteiger charge is -2.44. The molecule has 0 bridgehead atoms. The Morgan fingerprint density at radius 2 is 1.79 bits per heavy atom. The van der Waals surface area contributed by atoms with E-state index in [0.717, 1.165) is 5.56 Å². The minimum absolute atomic E-state index is 0.0429. The molecule has 39 heavy (non-hydrogen) atoms. The summed E-state index contributed by atoms with van der Waals surface area (Å²) in [7, 11) is -4.16. The smallest absolute Gasteiger partial charge is 0.253 e. The molecule has 0 radical (unpaired) electrons. The number of aromatic hydroxyl groups is 1. The number of anilines is 3. The standard InChI is InChI=1S/C27H31ClN4O6S/c1-2-19(17-6-4-3-5-7-17)30-21-22(25(35)24(21)34)31-20-9-8-18(28)26(23(20)33)39(36,37)32-13-10-27(11-14-32)16-38-15-12-29-27/h3-9,19,29-31,33H,2,10-16H2,1H3/t19-/m1/s1. The Kier molecular flexibility index (Phi) is 7.71. The second kappa shape index (κ2) is 10.9. The van der Waals surface area contributed by atoms with Crippen molar-refractivity contribution in [1.82, 2.24) is 9.62 Å². The van der Waals surface area contributed by atoms with Crippen molar-refractivity contribution in [3.05, 3.63) is 73.5 Å². The number of ether oxygens (including phenoxy) is 1. The largest absolute Gasteiger partial charge is 0.504 e. The fourth-order valence-corrected chi connectivity index (χ4v) is 7.30. The Labute approximate surface area is 231 Å². The van der Waals surface area contributed by atoms with E-state index in [1.807, 2.05) is 37.3 Å². The van der Waals surface area contributed by atoms with Gasteiger partial charge in [0.2, 0.25) is 10.0 Å². The lowest BCUT2D eigenvalue weighted by molar-refractivity contribution is 0.00456. The van der Waals surface area contributed by atoms with Crippen LogP contribution in [0.5, 0.6) is 5.75 Å². The normalized spacial score (nSPS) is 18.7. The summed E-state index contributed by atoms with van der Waals surface area (Å²) in [5, 5.41) is 20.3. The number of nitrogens with one attached hydrogen (secondary N) is 3. The quantitative estimate of drug-likeness (QED) is 0.236. The van der Waals surface area contributed by atoms with Gasteiger partial charge in [0.25, 0.3) is 10.9 Å². The van der Waals surface area contributed by atoms with Crippen molar-refractivity contribution >= 4 is 38.7 Å². The number of phenols is 1. The number of morpholine rings is 1. The van der Waals surface area contributed by atoms with E-state index in [-0.39, 0.29) is 46.8 Å². The van der Waals surface area contributed by atoms with Crippen molar-refractivity contribution in [3.63, 3.8) is 0 Å². The predicted molar refractivity (Wildman–Crippen MR) is 150 cm³/mol. The number of hydrogen-bond acceptors (Lipinski definition) is 9. The first-order valence-electron chi connectivity index (χ1n) is 12.9. The van der Waals surface area contributed by atoms with Crippen LogP contribution in [0.2, 0.25) is 5.02 Å².